The molecule has 1 aromatic heterocycles. The Balaban J connectivity index is 1.95. The van der Waals surface area contributed by atoms with Gasteiger partial charge in [-0.3, -0.25) is 14.2 Å². The first kappa shape index (κ1) is 26.9. The van der Waals surface area contributed by atoms with Gasteiger partial charge in [0.05, 0.1) is 42.2 Å². The molecule has 198 valence electrons. The Morgan fingerprint density at radius 2 is 1.84 bits per heavy atom. The van der Waals surface area contributed by atoms with E-state index in [4.69, 9.17) is 18.9 Å². The number of benzene rings is 2. The first-order chi connectivity index (χ1) is 18.3. The molecule has 0 N–H and O–H groups in total. The number of ether oxygens (including phenoxy) is 4. The molecular weight excluding hydrogens is 508 g/mol. The molecule has 0 spiro atoms. The van der Waals surface area contributed by atoms with Crippen LogP contribution in [0.2, 0.25) is 0 Å². The van der Waals surface area contributed by atoms with Gasteiger partial charge in [-0.05, 0) is 50.6 Å². The largest absolute Gasteiger partial charge is 0.493 e. The van der Waals surface area contributed by atoms with Crippen molar-refractivity contribution in [1.82, 2.24) is 4.57 Å². The summed E-state index contributed by atoms with van der Waals surface area (Å²) in [6.07, 6.45) is 1.76. The number of hydrogen-bond acceptors (Lipinski definition) is 9. The fourth-order valence-corrected chi connectivity index (χ4v) is 5.27. The van der Waals surface area contributed by atoms with Gasteiger partial charge in [0.1, 0.15) is 5.75 Å². The van der Waals surface area contributed by atoms with Crippen molar-refractivity contribution in [2.45, 2.75) is 33.7 Å². The van der Waals surface area contributed by atoms with E-state index in [1.165, 1.54) is 29.9 Å². The van der Waals surface area contributed by atoms with Gasteiger partial charge in [0.25, 0.3) is 5.56 Å². The molecule has 0 saturated carbocycles. The SMILES string of the molecule is CCOC(=O)C1=C(C)N=c2sc(=Cc3ccccc3OCC)c(=O)n2C1c1ccc(OC(C)=O)c(OC)c1. The smallest absolute Gasteiger partial charge is 0.338 e. The number of esters is 2. The number of thiazole rings is 1. The average Bonchev–Trinajstić information content (AvgIpc) is 3.18. The van der Waals surface area contributed by atoms with Gasteiger partial charge in [0, 0.05) is 12.5 Å². The fourth-order valence-electron chi connectivity index (χ4n) is 4.23. The van der Waals surface area contributed by atoms with Gasteiger partial charge in [0.2, 0.25) is 0 Å². The van der Waals surface area contributed by atoms with Crippen LogP contribution in [0.15, 0.2) is 63.5 Å². The third-order valence-electron chi connectivity index (χ3n) is 5.78. The lowest BCUT2D eigenvalue weighted by molar-refractivity contribution is -0.139. The van der Waals surface area contributed by atoms with Crippen molar-refractivity contribution in [1.29, 1.82) is 0 Å². The minimum Gasteiger partial charge on any atom is -0.493 e. The van der Waals surface area contributed by atoms with E-state index < -0.39 is 18.0 Å². The van der Waals surface area contributed by atoms with Crippen LogP contribution in [0.5, 0.6) is 17.2 Å². The Hall–Kier alpha value is -4.18. The van der Waals surface area contributed by atoms with E-state index in [-0.39, 0.29) is 29.2 Å². The third kappa shape index (κ3) is 5.26. The summed E-state index contributed by atoms with van der Waals surface area (Å²) in [5.41, 5.74) is 1.69. The highest BCUT2D eigenvalue weighted by Crippen LogP contribution is 2.36. The van der Waals surface area contributed by atoms with Gasteiger partial charge in [-0.1, -0.05) is 35.6 Å². The maximum atomic E-state index is 13.8. The van der Waals surface area contributed by atoms with E-state index in [2.05, 4.69) is 4.99 Å². The van der Waals surface area contributed by atoms with E-state index in [0.717, 1.165) is 5.56 Å². The Labute approximate surface area is 223 Å². The van der Waals surface area contributed by atoms with E-state index in [1.807, 2.05) is 31.2 Å². The van der Waals surface area contributed by atoms with E-state index in [9.17, 15) is 14.4 Å². The summed E-state index contributed by atoms with van der Waals surface area (Å²) < 4.78 is 23.7. The molecule has 1 aliphatic rings. The molecule has 2 aromatic carbocycles. The molecule has 1 aliphatic heterocycles. The molecule has 10 heteroatoms. The summed E-state index contributed by atoms with van der Waals surface area (Å²) >= 11 is 1.22. The minimum atomic E-state index is -0.838. The van der Waals surface area contributed by atoms with Crippen molar-refractivity contribution in [3.63, 3.8) is 0 Å². The predicted octanol–water partition coefficient (Wildman–Crippen LogP) is 3.13. The van der Waals surface area contributed by atoms with Crippen LogP contribution in [0.4, 0.5) is 0 Å². The number of carbonyl (C=O) groups is 2. The number of hydrogen-bond donors (Lipinski definition) is 0. The zero-order valence-electron chi connectivity index (χ0n) is 21.8. The lowest BCUT2D eigenvalue weighted by atomic mass is 9.95. The van der Waals surface area contributed by atoms with Crippen LogP contribution in [0.1, 0.15) is 44.9 Å². The molecular formula is C28H28N2O7S. The summed E-state index contributed by atoms with van der Waals surface area (Å²) in [5.74, 6) is 0.0917. The van der Waals surface area contributed by atoms with Gasteiger partial charge < -0.3 is 18.9 Å². The summed E-state index contributed by atoms with van der Waals surface area (Å²) in [5, 5.41) is 0. The van der Waals surface area contributed by atoms with Crippen molar-refractivity contribution in [2.75, 3.05) is 20.3 Å². The molecule has 2 heterocycles. The van der Waals surface area contributed by atoms with Crippen LogP contribution in [-0.2, 0) is 14.3 Å². The zero-order valence-corrected chi connectivity index (χ0v) is 22.6. The molecule has 0 radical (unpaired) electrons. The Morgan fingerprint density at radius 3 is 2.53 bits per heavy atom. The second kappa shape index (κ2) is 11.5. The zero-order chi connectivity index (χ0) is 27.4. The molecule has 4 rings (SSSR count). The maximum Gasteiger partial charge on any atom is 0.338 e. The molecule has 0 fully saturated rings. The average molecular weight is 537 g/mol. The molecule has 0 saturated heterocycles. The Bertz CT molecular complexity index is 1600. The van der Waals surface area contributed by atoms with Gasteiger partial charge in [-0.2, -0.15) is 0 Å². The summed E-state index contributed by atoms with van der Waals surface area (Å²) in [6.45, 7) is 7.26. The van der Waals surface area contributed by atoms with Crippen LogP contribution in [0.25, 0.3) is 6.08 Å². The molecule has 9 nitrogen and oxygen atoms in total. The summed E-state index contributed by atoms with van der Waals surface area (Å²) in [7, 11) is 1.45. The van der Waals surface area contributed by atoms with Crippen molar-refractivity contribution < 1.29 is 28.5 Å². The maximum absolute atomic E-state index is 13.8. The molecule has 1 unspecified atom stereocenters. The number of methoxy groups -OCH3 is 1. The Morgan fingerprint density at radius 1 is 1.08 bits per heavy atom. The fraction of sp³-hybridized carbons (Fsp3) is 0.286. The quantitative estimate of drug-likeness (QED) is 0.322. The lowest BCUT2D eigenvalue weighted by Crippen LogP contribution is -2.40. The predicted molar refractivity (Wildman–Crippen MR) is 142 cm³/mol. The second-order valence-corrected chi connectivity index (χ2v) is 9.29. The number of para-hydroxylation sites is 1. The van der Waals surface area contributed by atoms with Crippen molar-refractivity contribution in [3.8, 4) is 17.2 Å². The van der Waals surface area contributed by atoms with Crippen LogP contribution in [0, 0.1) is 0 Å². The first-order valence-electron chi connectivity index (χ1n) is 12.1. The number of nitrogens with zero attached hydrogens (tertiary/aromatic N) is 2. The van der Waals surface area contributed by atoms with Crippen LogP contribution < -0.4 is 29.1 Å². The van der Waals surface area contributed by atoms with E-state index >= 15 is 0 Å². The highest BCUT2D eigenvalue weighted by atomic mass is 32.1. The van der Waals surface area contributed by atoms with Crippen LogP contribution in [0.3, 0.4) is 0 Å². The van der Waals surface area contributed by atoms with Gasteiger partial charge in [-0.25, -0.2) is 9.79 Å². The highest BCUT2D eigenvalue weighted by molar-refractivity contribution is 7.07. The molecule has 0 aliphatic carbocycles. The van der Waals surface area contributed by atoms with Crippen molar-refractivity contribution >= 4 is 29.4 Å². The number of aromatic nitrogens is 1. The Kier molecular flexibility index (Phi) is 8.11. The molecule has 0 bridgehead atoms. The molecule has 38 heavy (non-hydrogen) atoms. The molecule has 0 amide bonds. The van der Waals surface area contributed by atoms with Gasteiger partial charge >= 0.3 is 11.9 Å². The number of carbonyl (C=O) groups excluding carboxylic acids is 2. The molecule has 3 aromatic rings. The standard InChI is InChI=1S/C28H28N2O7S/c1-6-35-20-11-9-8-10-18(20)15-23-26(32)30-25(19-12-13-21(37-17(4)31)22(14-19)34-5)24(27(33)36-7-2)16(3)29-28(30)38-23/h8-15,25H,6-7H2,1-5H3. The number of rotatable bonds is 8. The summed E-state index contributed by atoms with van der Waals surface area (Å²) in [6, 6.07) is 11.5. The van der Waals surface area contributed by atoms with Crippen molar-refractivity contribution in [3.05, 3.63) is 84.5 Å². The van der Waals surface area contributed by atoms with Crippen LogP contribution in [-0.4, -0.2) is 36.8 Å². The number of allylic oxidation sites excluding steroid dienone is 1. The highest BCUT2D eigenvalue weighted by Gasteiger charge is 2.34. The molecule has 1 atom stereocenters. The monoisotopic (exact) mass is 536 g/mol. The van der Waals surface area contributed by atoms with Gasteiger partial charge in [-0.15, -0.1) is 0 Å². The summed E-state index contributed by atoms with van der Waals surface area (Å²) in [4.78, 5) is 43.5. The van der Waals surface area contributed by atoms with E-state index in [0.29, 0.717) is 33.0 Å². The minimum absolute atomic E-state index is 0.162. The first-order valence-corrected chi connectivity index (χ1v) is 12.9. The van der Waals surface area contributed by atoms with Crippen molar-refractivity contribution in [2.24, 2.45) is 4.99 Å². The van der Waals surface area contributed by atoms with Gasteiger partial charge in [0.15, 0.2) is 16.3 Å². The number of fused-ring (bicyclic) bond motifs is 1. The van der Waals surface area contributed by atoms with Crippen LogP contribution >= 0.6 is 11.3 Å². The topological polar surface area (TPSA) is 105 Å². The lowest BCUT2D eigenvalue weighted by Gasteiger charge is -2.25. The second-order valence-electron chi connectivity index (χ2n) is 8.28. The third-order valence-corrected chi connectivity index (χ3v) is 6.76. The normalized spacial score (nSPS) is 15.0. The van der Waals surface area contributed by atoms with E-state index in [1.54, 1.807) is 38.1 Å².